The summed E-state index contributed by atoms with van der Waals surface area (Å²) in [5.74, 6) is 0.791. The normalized spacial score (nSPS) is 15.7. The first-order valence-electron chi connectivity index (χ1n) is 10.1. The third-order valence-electron chi connectivity index (χ3n) is 5.94. The summed E-state index contributed by atoms with van der Waals surface area (Å²) in [4.78, 5) is 20.9. The maximum atomic E-state index is 13.5. The van der Waals surface area contributed by atoms with Crippen molar-refractivity contribution in [2.75, 3.05) is 14.2 Å². The number of fused-ring (bicyclic) bond motifs is 2. The molecule has 2 heterocycles. The molecule has 0 saturated carbocycles. The average Bonchev–Trinajstić information content (AvgIpc) is 3.38. The Morgan fingerprint density at radius 3 is 2.87 bits per heavy atom. The monoisotopic (exact) mass is 417 g/mol. The van der Waals surface area contributed by atoms with Crippen LogP contribution in [0.4, 0.5) is 0 Å². The van der Waals surface area contributed by atoms with Gasteiger partial charge in [-0.25, -0.2) is 4.98 Å². The van der Waals surface area contributed by atoms with E-state index in [0.717, 1.165) is 41.2 Å². The lowest BCUT2D eigenvalue weighted by molar-refractivity contribution is 0.0708. The highest BCUT2D eigenvalue weighted by atomic mass is 32.1. The second kappa shape index (κ2) is 7.61. The molecule has 2 aromatic carbocycles. The van der Waals surface area contributed by atoms with E-state index in [-0.39, 0.29) is 11.9 Å². The second-order valence-corrected chi connectivity index (χ2v) is 8.46. The fourth-order valence-corrected chi connectivity index (χ4v) is 5.22. The Bertz CT molecular complexity index is 1230. The molecule has 1 unspecified atom stereocenters. The van der Waals surface area contributed by atoms with Crippen molar-refractivity contribution in [3.63, 3.8) is 0 Å². The molecule has 0 radical (unpaired) electrons. The highest BCUT2D eigenvalue weighted by Crippen LogP contribution is 2.35. The molecule has 1 amide bonds. The van der Waals surface area contributed by atoms with E-state index in [9.17, 15) is 4.79 Å². The predicted octanol–water partition coefficient (Wildman–Crippen LogP) is 5.22. The number of ether oxygens (including phenoxy) is 1. The summed E-state index contributed by atoms with van der Waals surface area (Å²) < 4.78 is 7.38. The summed E-state index contributed by atoms with van der Waals surface area (Å²) in [7, 11) is 3.57. The average molecular weight is 418 g/mol. The van der Waals surface area contributed by atoms with Gasteiger partial charge in [0.15, 0.2) is 4.96 Å². The SMILES string of the molecule is COc1ccccc1-c1cn2c(C(=O)N(C)C3CCCc4ccccc43)csc2n1. The van der Waals surface area contributed by atoms with Crippen molar-refractivity contribution in [2.45, 2.75) is 25.3 Å². The molecule has 0 bridgehead atoms. The molecule has 5 rings (SSSR count). The number of thiazole rings is 1. The number of methoxy groups -OCH3 is 1. The smallest absolute Gasteiger partial charge is 0.272 e. The largest absolute Gasteiger partial charge is 0.496 e. The van der Waals surface area contributed by atoms with Gasteiger partial charge in [-0.1, -0.05) is 36.4 Å². The van der Waals surface area contributed by atoms with Gasteiger partial charge >= 0.3 is 0 Å². The Kier molecular flexibility index (Phi) is 4.79. The van der Waals surface area contributed by atoms with Gasteiger partial charge in [0.05, 0.1) is 18.8 Å². The lowest BCUT2D eigenvalue weighted by Gasteiger charge is -2.33. The van der Waals surface area contributed by atoms with E-state index in [0.29, 0.717) is 5.69 Å². The maximum Gasteiger partial charge on any atom is 0.272 e. The summed E-state index contributed by atoms with van der Waals surface area (Å²) in [6.45, 7) is 0. The molecule has 2 aromatic heterocycles. The van der Waals surface area contributed by atoms with Crippen molar-refractivity contribution >= 4 is 22.2 Å². The van der Waals surface area contributed by atoms with Crippen LogP contribution in [0.5, 0.6) is 5.75 Å². The van der Waals surface area contributed by atoms with Crippen LogP contribution >= 0.6 is 11.3 Å². The highest BCUT2D eigenvalue weighted by Gasteiger charge is 2.29. The number of imidazole rings is 1. The summed E-state index contributed by atoms with van der Waals surface area (Å²) in [6, 6.07) is 16.4. The number of carbonyl (C=O) groups is 1. The number of amides is 1. The predicted molar refractivity (Wildman–Crippen MR) is 119 cm³/mol. The van der Waals surface area contributed by atoms with E-state index in [1.807, 2.05) is 52.2 Å². The number of hydrogen-bond acceptors (Lipinski definition) is 4. The fourth-order valence-electron chi connectivity index (χ4n) is 4.38. The molecule has 4 aromatic rings. The van der Waals surface area contributed by atoms with Gasteiger partial charge in [0.25, 0.3) is 5.91 Å². The Labute approximate surface area is 179 Å². The van der Waals surface area contributed by atoms with Gasteiger partial charge in [-0.2, -0.15) is 0 Å². The number of para-hydroxylation sites is 1. The molecule has 0 fully saturated rings. The summed E-state index contributed by atoms with van der Waals surface area (Å²) in [6.07, 6.45) is 5.10. The molecule has 6 heteroatoms. The van der Waals surface area contributed by atoms with Gasteiger partial charge < -0.3 is 9.64 Å². The summed E-state index contributed by atoms with van der Waals surface area (Å²) in [5.41, 5.74) is 4.99. The molecular formula is C24H23N3O2S. The van der Waals surface area contributed by atoms with Crippen molar-refractivity contribution in [1.82, 2.24) is 14.3 Å². The van der Waals surface area contributed by atoms with Crippen molar-refractivity contribution in [2.24, 2.45) is 0 Å². The van der Waals surface area contributed by atoms with Crippen LogP contribution in [-0.4, -0.2) is 34.3 Å². The van der Waals surface area contributed by atoms with Gasteiger partial charge in [-0.05, 0) is 42.5 Å². The number of aryl methyl sites for hydroxylation is 1. The quantitative estimate of drug-likeness (QED) is 0.457. The van der Waals surface area contributed by atoms with Crippen LogP contribution in [0.1, 0.15) is 40.5 Å². The van der Waals surface area contributed by atoms with E-state index in [1.54, 1.807) is 7.11 Å². The number of hydrogen-bond donors (Lipinski definition) is 0. The van der Waals surface area contributed by atoms with Crippen LogP contribution in [0.25, 0.3) is 16.2 Å². The third-order valence-corrected chi connectivity index (χ3v) is 6.78. The van der Waals surface area contributed by atoms with Gasteiger partial charge in [0.2, 0.25) is 0 Å². The lowest BCUT2D eigenvalue weighted by atomic mass is 9.87. The number of nitrogens with zero attached hydrogens (tertiary/aromatic N) is 3. The molecule has 0 N–H and O–H groups in total. The number of carbonyl (C=O) groups excluding carboxylic acids is 1. The molecule has 152 valence electrons. The molecule has 1 atom stereocenters. The number of rotatable bonds is 4. The van der Waals surface area contributed by atoms with Crippen LogP contribution in [0, 0.1) is 0 Å². The van der Waals surface area contributed by atoms with Crippen LogP contribution in [-0.2, 0) is 6.42 Å². The van der Waals surface area contributed by atoms with Crippen LogP contribution in [0.3, 0.4) is 0 Å². The van der Waals surface area contributed by atoms with E-state index < -0.39 is 0 Å². The van der Waals surface area contributed by atoms with E-state index >= 15 is 0 Å². The Morgan fingerprint density at radius 2 is 2.00 bits per heavy atom. The Hall–Kier alpha value is -3.12. The first kappa shape index (κ1) is 18.9. The van der Waals surface area contributed by atoms with Crippen molar-refractivity contribution in [3.05, 3.63) is 76.9 Å². The fraction of sp³-hybridized carbons (Fsp3) is 0.250. The van der Waals surface area contributed by atoms with Gasteiger partial charge in [0.1, 0.15) is 11.4 Å². The molecule has 5 nitrogen and oxygen atoms in total. The molecule has 1 aliphatic carbocycles. The zero-order valence-corrected chi connectivity index (χ0v) is 17.9. The Balaban J connectivity index is 1.50. The zero-order valence-electron chi connectivity index (χ0n) is 17.0. The topological polar surface area (TPSA) is 46.8 Å². The lowest BCUT2D eigenvalue weighted by Crippen LogP contribution is -2.33. The first-order valence-corrected chi connectivity index (χ1v) is 11.0. The van der Waals surface area contributed by atoms with Crippen molar-refractivity contribution in [1.29, 1.82) is 0 Å². The van der Waals surface area contributed by atoms with E-state index in [1.165, 1.54) is 22.5 Å². The van der Waals surface area contributed by atoms with Gasteiger partial charge in [-0.15, -0.1) is 11.3 Å². The first-order chi connectivity index (χ1) is 14.7. The van der Waals surface area contributed by atoms with Crippen LogP contribution in [0.2, 0.25) is 0 Å². The molecule has 0 aliphatic heterocycles. The highest BCUT2D eigenvalue weighted by molar-refractivity contribution is 7.15. The molecule has 0 saturated heterocycles. The molecule has 0 spiro atoms. The molecule has 1 aliphatic rings. The minimum absolute atomic E-state index is 0.0203. The number of aromatic nitrogens is 2. The maximum absolute atomic E-state index is 13.5. The summed E-state index contributed by atoms with van der Waals surface area (Å²) in [5, 5.41) is 1.90. The van der Waals surface area contributed by atoms with Crippen LogP contribution < -0.4 is 4.74 Å². The third kappa shape index (κ3) is 3.08. The number of benzene rings is 2. The van der Waals surface area contributed by atoms with Gasteiger partial charge in [0, 0.05) is 24.2 Å². The van der Waals surface area contributed by atoms with Crippen molar-refractivity contribution in [3.8, 4) is 17.0 Å². The van der Waals surface area contributed by atoms with Crippen molar-refractivity contribution < 1.29 is 9.53 Å². The van der Waals surface area contributed by atoms with Crippen LogP contribution in [0.15, 0.2) is 60.1 Å². The molecular weight excluding hydrogens is 394 g/mol. The minimum Gasteiger partial charge on any atom is -0.496 e. The molecule has 30 heavy (non-hydrogen) atoms. The Morgan fingerprint density at radius 1 is 1.20 bits per heavy atom. The van der Waals surface area contributed by atoms with E-state index in [2.05, 4.69) is 24.3 Å². The standard InChI is InChI=1S/C24H23N3O2S/c1-26(20-12-7-9-16-8-3-4-10-17(16)20)23(28)21-15-30-24-25-19(14-27(21)24)18-11-5-6-13-22(18)29-2/h3-6,8,10-11,13-15,20H,7,9,12H2,1-2H3. The van der Waals surface area contributed by atoms with Gasteiger partial charge in [-0.3, -0.25) is 9.20 Å². The van der Waals surface area contributed by atoms with E-state index in [4.69, 9.17) is 9.72 Å². The zero-order chi connectivity index (χ0) is 20.7. The summed E-state index contributed by atoms with van der Waals surface area (Å²) >= 11 is 1.48. The second-order valence-electron chi connectivity index (χ2n) is 7.62. The minimum atomic E-state index is 0.0203.